The molecule has 0 spiro atoms. The number of hydrogen-bond acceptors (Lipinski definition) is 6. The fourth-order valence-corrected chi connectivity index (χ4v) is 2.30. The molecule has 2 rings (SSSR count). The largest absolute Gasteiger partial charge is 0.464 e. The van der Waals surface area contributed by atoms with Crippen LogP contribution in [0.1, 0.15) is 12.6 Å². The fraction of sp³-hybridized carbons (Fsp3) is 0.333. The summed E-state index contributed by atoms with van der Waals surface area (Å²) in [5.74, 6) is -4.36. The molecule has 0 radical (unpaired) electrons. The lowest BCUT2D eigenvalue weighted by molar-refractivity contribution is -0.913. The Morgan fingerprint density at radius 1 is 1.50 bits per heavy atom. The van der Waals surface area contributed by atoms with Crippen LogP contribution in [-0.4, -0.2) is 33.9 Å². The average molecular weight is 390 g/mol. The second-order valence-electron chi connectivity index (χ2n) is 5.21. The quantitative estimate of drug-likeness (QED) is 0.419. The Morgan fingerprint density at radius 3 is 2.88 bits per heavy atom. The number of ether oxygens (including phenoxy) is 1. The van der Waals surface area contributed by atoms with E-state index in [4.69, 9.17) is 16.3 Å². The summed E-state index contributed by atoms with van der Waals surface area (Å²) in [6.07, 6.45) is 2.18. The highest BCUT2D eigenvalue weighted by molar-refractivity contribution is 6.29. The molecule has 0 unspecified atom stereocenters. The number of carbonyl (C=O) groups is 1. The molecule has 0 aliphatic rings. The number of nitrogens with zero attached hydrogens (tertiary/aromatic N) is 3. The number of rotatable bonds is 7. The molecule has 140 valence electrons. The van der Waals surface area contributed by atoms with Gasteiger partial charge >= 0.3 is 17.6 Å². The van der Waals surface area contributed by atoms with Gasteiger partial charge < -0.3 is 10.1 Å². The van der Waals surface area contributed by atoms with Gasteiger partial charge in [-0.3, -0.25) is 19.4 Å². The number of hydrogen-bond donors (Lipinski definition) is 2. The van der Waals surface area contributed by atoms with Crippen molar-refractivity contribution in [2.24, 2.45) is 0 Å². The zero-order chi connectivity index (χ0) is 19.3. The molecule has 11 heteroatoms. The lowest BCUT2D eigenvalue weighted by Crippen LogP contribution is -2.43. The van der Waals surface area contributed by atoms with Gasteiger partial charge in [0.15, 0.2) is 5.82 Å². The third kappa shape index (κ3) is 4.66. The first-order valence-corrected chi connectivity index (χ1v) is 7.81. The van der Waals surface area contributed by atoms with Crippen molar-refractivity contribution in [2.45, 2.75) is 19.4 Å². The summed E-state index contributed by atoms with van der Waals surface area (Å²) in [7, 11) is 0. The molecule has 2 aromatic rings. The Balaban J connectivity index is 2.16. The monoisotopic (exact) mass is 389 g/mol. The van der Waals surface area contributed by atoms with Crippen LogP contribution in [0.15, 0.2) is 35.4 Å². The molecular weight excluding hydrogens is 374 g/mol. The fourth-order valence-electron chi connectivity index (χ4n) is 2.09. The predicted molar refractivity (Wildman–Crippen MR) is 86.3 cm³/mol. The maximum absolute atomic E-state index is 14.2. The topological polar surface area (TPSA) is 97.3 Å². The van der Waals surface area contributed by atoms with Crippen LogP contribution < -0.4 is 15.6 Å². The van der Waals surface area contributed by atoms with Gasteiger partial charge in [0, 0.05) is 23.8 Å². The molecule has 0 bridgehead atoms. The predicted octanol–water partition coefficient (Wildman–Crippen LogP) is 1.19. The van der Waals surface area contributed by atoms with Crippen molar-refractivity contribution >= 4 is 23.4 Å². The van der Waals surface area contributed by atoms with Gasteiger partial charge in [-0.2, -0.15) is 8.78 Å². The van der Waals surface area contributed by atoms with Gasteiger partial charge in [-0.15, -0.1) is 0 Å². The van der Waals surface area contributed by atoms with Crippen LogP contribution in [0, 0.1) is 0 Å². The van der Waals surface area contributed by atoms with E-state index in [-0.39, 0.29) is 24.1 Å². The molecule has 2 heterocycles. The molecule has 0 aliphatic heterocycles. The van der Waals surface area contributed by atoms with Crippen molar-refractivity contribution in [3.05, 3.63) is 51.8 Å². The van der Waals surface area contributed by atoms with Crippen molar-refractivity contribution in [1.82, 2.24) is 9.55 Å². The summed E-state index contributed by atoms with van der Waals surface area (Å²) < 4.78 is 34.6. The van der Waals surface area contributed by atoms with E-state index in [0.29, 0.717) is 4.73 Å². The van der Waals surface area contributed by atoms with Crippen LogP contribution in [0.25, 0.3) is 0 Å². The SMILES string of the molecule is CC(=O)OCCn1c(Cl)cnc(NCC(F)(F)c2cccc[n+]2O)c1=O. The molecule has 0 saturated carbocycles. The van der Waals surface area contributed by atoms with Crippen molar-refractivity contribution in [3.8, 4) is 0 Å². The van der Waals surface area contributed by atoms with E-state index in [1.807, 2.05) is 0 Å². The number of halogens is 3. The number of anilines is 1. The lowest BCUT2D eigenvalue weighted by atomic mass is 10.2. The number of nitrogens with one attached hydrogen (secondary N) is 1. The van der Waals surface area contributed by atoms with E-state index < -0.39 is 29.7 Å². The van der Waals surface area contributed by atoms with Crippen molar-refractivity contribution < 1.29 is 28.2 Å². The van der Waals surface area contributed by atoms with E-state index in [0.717, 1.165) is 23.0 Å². The molecule has 2 aromatic heterocycles. The molecule has 0 amide bonds. The zero-order valence-corrected chi connectivity index (χ0v) is 14.4. The summed E-state index contributed by atoms with van der Waals surface area (Å²) in [5.41, 5.74) is -1.40. The van der Waals surface area contributed by atoms with Crippen LogP contribution in [0.2, 0.25) is 5.15 Å². The van der Waals surface area contributed by atoms with Crippen LogP contribution in [0.4, 0.5) is 14.6 Å². The summed E-state index contributed by atoms with van der Waals surface area (Å²) in [6.45, 7) is 0.0671. The van der Waals surface area contributed by atoms with E-state index in [1.54, 1.807) is 0 Å². The summed E-state index contributed by atoms with van der Waals surface area (Å²) in [4.78, 5) is 26.8. The molecule has 0 aliphatic carbocycles. The summed E-state index contributed by atoms with van der Waals surface area (Å²) in [5, 5.41) is 11.7. The normalized spacial score (nSPS) is 11.2. The maximum atomic E-state index is 14.2. The Hall–Kier alpha value is -2.75. The van der Waals surface area contributed by atoms with Gasteiger partial charge in [0.05, 0.1) is 19.3 Å². The molecule has 26 heavy (non-hydrogen) atoms. The molecule has 0 atom stereocenters. The number of carbonyl (C=O) groups excluding carboxylic acids is 1. The number of pyridine rings is 1. The second kappa shape index (κ2) is 8.09. The van der Waals surface area contributed by atoms with Gasteiger partial charge in [0.25, 0.3) is 5.56 Å². The lowest BCUT2D eigenvalue weighted by Gasteiger charge is -2.15. The smallest absolute Gasteiger partial charge is 0.351 e. The van der Waals surface area contributed by atoms with E-state index in [9.17, 15) is 23.6 Å². The summed E-state index contributed by atoms with van der Waals surface area (Å²) >= 11 is 5.87. The van der Waals surface area contributed by atoms with Gasteiger partial charge in [-0.05, 0) is 6.07 Å². The molecule has 0 aromatic carbocycles. The van der Waals surface area contributed by atoms with Crippen LogP contribution in [-0.2, 0) is 22.0 Å². The standard InChI is InChI=1S/C15H16ClF2N4O4/c1-10(23)26-7-6-21-12(16)8-19-13(14(21)24)20-9-15(17,18)11-4-2-3-5-22(11)25/h2-5,8,25H,6-7,9H2,1H3,(H,19,20)/q+1. The third-order valence-electron chi connectivity index (χ3n) is 3.32. The Labute approximate surface area is 151 Å². The van der Waals surface area contributed by atoms with Crippen molar-refractivity contribution in [3.63, 3.8) is 0 Å². The Kier molecular flexibility index (Phi) is 6.09. The molecule has 0 fully saturated rings. The first-order valence-electron chi connectivity index (χ1n) is 7.43. The van der Waals surface area contributed by atoms with Crippen LogP contribution in [0.3, 0.4) is 0 Å². The van der Waals surface area contributed by atoms with Gasteiger partial charge in [-0.1, -0.05) is 11.6 Å². The highest BCUT2D eigenvalue weighted by Gasteiger charge is 2.41. The minimum Gasteiger partial charge on any atom is -0.464 e. The zero-order valence-electron chi connectivity index (χ0n) is 13.7. The highest BCUT2D eigenvalue weighted by atomic mass is 35.5. The summed E-state index contributed by atoms with van der Waals surface area (Å²) in [6, 6.07) is 3.78. The van der Waals surface area contributed by atoms with Gasteiger partial charge in [-0.25, -0.2) is 4.98 Å². The molecular formula is C15H16ClF2N4O4+. The van der Waals surface area contributed by atoms with E-state index in [1.165, 1.54) is 19.1 Å². The Morgan fingerprint density at radius 2 is 2.23 bits per heavy atom. The van der Waals surface area contributed by atoms with Gasteiger partial charge in [0.2, 0.25) is 6.20 Å². The Bertz CT molecular complexity index is 860. The van der Waals surface area contributed by atoms with E-state index >= 15 is 0 Å². The minimum atomic E-state index is -3.48. The highest BCUT2D eigenvalue weighted by Crippen LogP contribution is 2.24. The first kappa shape index (κ1) is 19.6. The van der Waals surface area contributed by atoms with Crippen molar-refractivity contribution in [1.29, 1.82) is 0 Å². The molecule has 2 N–H and O–H groups in total. The third-order valence-corrected chi connectivity index (χ3v) is 3.62. The van der Waals surface area contributed by atoms with Gasteiger partial charge in [0.1, 0.15) is 11.8 Å². The van der Waals surface area contributed by atoms with E-state index in [2.05, 4.69) is 10.3 Å². The van der Waals surface area contributed by atoms with Crippen molar-refractivity contribution in [2.75, 3.05) is 18.5 Å². The molecule has 0 saturated heterocycles. The number of aromatic nitrogens is 3. The second-order valence-corrected chi connectivity index (χ2v) is 5.60. The maximum Gasteiger partial charge on any atom is 0.351 e. The number of esters is 1. The van der Waals surface area contributed by atoms with Crippen LogP contribution in [0.5, 0.6) is 0 Å². The van der Waals surface area contributed by atoms with Crippen LogP contribution >= 0.6 is 11.6 Å². The average Bonchev–Trinajstić information content (AvgIpc) is 2.57. The molecule has 8 nitrogen and oxygen atoms in total. The minimum absolute atomic E-state index is 0.0317. The first-order chi connectivity index (χ1) is 12.2. The number of alkyl halides is 2.